The highest BCUT2D eigenvalue weighted by Gasteiger charge is 2.33. The summed E-state index contributed by atoms with van der Waals surface area (Å²) in [5.41, 5.74) is 0.843. The Labute approximate surface area is 90.4 Å². The van der Waals surface area contributed by atoms with E-state index in [4.69, 9.17) is 5.26 Å². The number of rotatable bonds is 3. The number of nitriles is 1. The first kappa shape index (κ1) is 11.7. The van der Waals surface area contributed by atoms with Crippen LogP contribution in [0.15, 0.2) is 18.3 Å². The van der Waals surface area contributed by atoms with E-state index >= 15 is 0 Å². The van der Waals surface area contributed by atoms with Crippen LogP contribution in [-0.2, 0) is 0 Å². The molecule has 0 radical (unpaired) electrons. The van der Waals surface area contributed by atoms with Crippen LogP contribution in [0.4, 0.5) is 0 Å². The molecule has 0 aliphatic heterocycles. The van der Waals surface area contributed by atoms with Gasteiger partial charge in [-0.1, -0.05) is 13.0 Å². The van der Waals surface area contributed by atoms with Gasteiger partial charge in [-0.3, -0.25) is 4.98 Å². The fraction of sp³-hybridized carbons (Fsp3) is 0.500. The van der Waals surface area contributed by atoms with E-state index in [1.165, 1.54) is 0 Å². The molecule has 0 aromatic carbocycles. The third-order valence-corrected chi connectivity index (χ3v) is 2.81. The molecule has 0 saturated heterocycles. The lowest BCUT2D eigenvalue weighted by Gasteiger charge is -2.25. The van der Waals surface area contributed by atoms with E-state index in [-0.39, 0.29) is 0 Å². The second-order valence-electron chi connectivity index (χ2n) is 4.05. The predicted molar refractivity (Wildman–Crippen MR) is 57.9 cm³/mol. The van der Waals surface area contributed by atoms with Crippen LogP contribution in [0.5, 0.6) is 0 Å². The van der Waals surface area contributed by atoms with E-state index in [2.05, 4.69) is 11.1 Å². The number of aryl methyl sites for hydroxylation is 1. The molecule has 1 N–H and O–H groups in total. The average molecular weight is 204 g/mol. The lowest BCUT2D eigenvalue weighted by Crippen LogP contribution is -2.23. The molecule has 2 unspecified atom stereocenters. The van der Waals surface area contributed by atoms with Gasteiger partial charge < -0.3 is 5.11 Å². The maximum Gasteiger partial charge on any atom is 0.114 e. The van der Waals surface area contributed by atoms with Crippen LogP contribution in [-0.4, -0.2) is 10.1 Å². The van der Waals surface area contributed by atoms with Gasteiger partial charge in [-0.2, -0.15) is 5.26 Å². The largest absolute Gasteiger partial charge is 0.385 e. The molecule has 3 heteroatoms. The van der Waals surface area contributed by atoms with Crippen molar-refractivity contribution in [2.45, 2.75) is 33.3 Å². The third-order valence-electron chi connectivity index (χ3n) is 2.81. The molecule has 1 heterocycles. The molecule has 2 atom stereocenters. The Kier molecular flexibility index (Phi) is 3.43. The topological polar surface area (TPSA) is 56.9 Å². The summed E-state index contributed by atoms with van der Waals surface area (Å²) < 4.78 is 0. The van der Waals surface area contributed by atoms with E-state index in [9.17, 15) is 5.11 Å². The number of aliphatic hydroxyl groups excluding tert-OH is 1. The summed E-state index contributed by atoms with van der Waals surface area (Å²) in [5.74, 6) is 0. The standard InChI is InChI=1S/C12H16N2O/c1-4-12(3,8-13)11(15)10-6-5-9(2)7-14-10/h5-7,11,15H,4H2,1-3H3. The molecule has 1 aromatic heterocycles. The van der Waals surface area contributed by atoms with Crippen molar-refractivity contribution in [1.82, 2.24) is 4.98 Å². The monoisotopic (exact) mass is 204 g/mol. The summed E-state index contributed by atoms with van der Waals surface area (Å²) in [7, 11) is 0. The number of pyridine rings is 1. The predicted octanol–water partition coefficient (Wildman–Crippen LogP) is 2.36. The van der Waals surface area contributed by atoms with Gasteiger partial charge in [0.25, 0.3) is 0 Å². The molecular weight excluding hydrogens is 188 g/mol. The Morgan fingerprint density at radius 3 is 2.67 bits per heavy atom. The average Bonchev–Trinajstić information content (AvgIpc) is 2.28. The van der Waals surface area contributed by atoms with Crippen LogP contribution in [0, 0.1) is 23.7 Å². The van der Waals surface area contributed by atoms with Crippen molar-refractivity contribution in [1.29, 1.82) is 5.26 Å². The number of hydrogen-bond donors (Lipinski definition) is 1. The van der Waals surface area contributed by atoms with E-state index in [1.807, 2.05) is 19.9 Å². The first-order valence-corrected chi connectivity index (χ1v) is 5.05. The summed E-state index contributed by atoms with van der Waals surface area (Å²) in [6.07, 6.45) is 1.47. The van der Waals surface area contributed by atoms with Gasteiger partial charge in [-0.15, -0.1) is 0 Å². The fourth-order valence-electron chi connectivity index (χ4n) is 1.30. The summed E-state index contributed by atoms with van der Waals surface area (Å²) in [5, 5.41) is 19.1. The molecule has 0 aliphatic rings. The lowest BCUT2D eigenvalue weighted by atomic mass is 9.81. The zero-order valence-corrected chi connectivity index (χ0v) is 9.36. The Bertz CT molecular complexity index is 366. The number of hydrogen-bond acceptors (Lipinski definition) is 3. The summed E-state index contributed by atoms with van der Waals surface area (Å²) in [6, 6.07) is 5.81. The second kappa shape index (κ2) is 4.41. The first-order valence-electron chi connectivity index (χ1n) is 5.05. The van der Waals surface area contributed by atoms with Gasteiger partial charge in [0.2, 0.25) is 0 Å². The molecule has 0 fully saturated rings. The van der Waals surface area contributed by atoms with Gasteiger partial charge in [0, 0.05) is 6.20 Å². The van der Waals surface area contributed by atoms with Crippen LogP contribution < -0.4 is 0 Å². The van der Waals surface area contributed by atoms with Gasteiger partial charge in [-0.05, 0) is 31.9 Å². The molecule has 0 spiro atoms. The highest BCUT2D eigenvalue weighted by Crippen LogP contribution is 2.34. The Hall–Kier alpha value is -1.40. The number of aliphatic hydroxyl groups is 1. The first-order chi connectivity index (χ1) is 7.03. The number of aromatic nitrogens is 1. The molecule has 0 bridgehead atoms. The quantitative estimate of drug-likeness (QED) is 0.822. The zero-order chi connectivity index (χ0) is 11.5. The minimum atomic E-state index is -0.826. The van der Waals surface area contributed by atoms with E-state index < -0.39 is 11.5 Å². The lowest BCUT2D eigenvalue weighted by molar-refractivity contribution is 0.0684. The summed E-state index contributed by atoms with van der Waals surface area (Å²) in [6.45, 7) is 5.58. The molecule has 15 heavy (non-hydrogen) atoms. The normalized spacial score (nSPS) is 16.5. The van der Waals surface area contributed by atoms with Crippen LogP contribution in [0.3, 0.4) is 0 Å². The van der Waals surface area contributed by atoms with Gasteiger partial charge in [0.15, 0.2) is 0 Å². The van der Waals surface area contributed by atoms with Crippen molar-refractivity contribution in [3.8, 4) is 6.07 Å². The molecule has 0 saturated carbocycles. The summed E-state index contributed by atoms with van der Waals surface area (Å²) in [4.78, 5) is 4.14. The third kappa shape index (κ3) is 2.34. The van der Waals surface area contributed by atoms with Crippen LogP contribution in [0.25, 0.3) is 0 Å². The molecule has 1 aromatic rings. The molecular formula is C12H16N2O. The highest BCUT2D eigenvalue weighted by atomic mass is 16.3. The highest BCUT2D eigenvalue weighted by molar-refractivity contribution is 5.18. The van der Waals surface area contributed by atoms with Crippen molar-refractivity contribution in [2.75, 3.05) is 0 Å². The van der Waals surface area contributed by atoms with Crippen LogP contribution >= 0.6 is 0 Å². The molecule has 1 rings (SSSR count). The van der Waals surface area contributed by atoms with Crippen molar-refractivity contribution in [2.24, 2.45) is 5.41 Å². The minimum Gasteiger partial charge on any atom is -0.385 e. The van der Waals surface area contributed by atoms with Crippen molar-refractivity contribution in [3.05, 3.63) is 29.6 Å². The van der Waals surface area contributed by atoms with Gasteiger partial charge in [-0.25, -0.2) is 0 Å². The molecule has 0 aliphatic carbocycles. The van der Waals surface area contributed by atoms with Gasteiger partial charge in [0.05, 0.1) is 17.2 Å². The Morgan fingerprint density at radius 2 is 2.27 bits per heavy atom. The Balaban J connectivity index is 2.99. The molecule has 3 nitrogen and oxygen atoms in total. The van der Waals surface area contributed by atoms with E-state index in [0.717, 1.165) is 5.56 Å². The van der Waals surface area contributed by atoms with Gasteiger partial charge >= 0.3 is 0 Å². The second-order valence-corrected chi connectivity index (χ2v) is 4.05. The molecule has 0 amide bonds. The maximum absolute atomic E-state index is 10.0. The summed E-state index contributed by atoms with van der Waals surface area (Å²) >= 11 is 0. The van der Waals surface area contributed by atoms with E-state index in [1.54, 1.807) is 19.2 Å². The number of nitrogens with zero attached hydrogens (tertiary/aromatic N) is 2. The van der Waals surface area contributed by atoms with Crippen LogP contribution in [0.1, 0.15) is 37.6 Å². The Morgan fingerprint density at radius 1 is 1.60 bits per heavy atom. The smallest absolute Gasteiger partial charge is 0.114 e. The van der Waals surface area contributed by atoms with E-state index in [0.29, 0.717) is 12.1 Å². The minimum absolute atomic E-state index is 0.562. The SMILES string of the molecule is CCC(C)(C#N)C(O)c1ccc(C)cn1. The van der Waals surface area contributed by atoms with Crippen molar-refractivity contribution < 1.29 is 5.11 Å². The van der Waals surface area contributed by atoms with Gasteiger partial charge in [0.1, 0.15) is 6.10 Å². The fourth-order valence-corrected chi connectivity index (χ4v) is 1.30. The van der Waals surface area contributed by atoms with Crippen LogP contribution in [0.2, 0.25) is 0 Å². The van der Waals surface area contributed by atoms with Crippen molar-refractivity contribution >= 4 is 0 Å². The zero-order valence-electron chi connectivity index (χ0n) is 9.36. The maximum atomic E-state index is 10.0. The molecule has 80 valence electrons. The van der Waals surface area contributed by atoms with Crippen molar-refractivity contribution in [3.63, 3.8) is 0 Å².